The molecule has 0 fully saturated rings. The van der Waals surface area contributed by atoms with Crippen molar-refractivity contribution in [1.29, 1.82) is 0 Å². The highest BCUT2D eigenvalue weighted by atomic mass is 16.3. The van der Waals surface area contributed by atoms with Crippen LogP contribution in [-0.2, 0) is 0 Å². The first-order chi connectivity index (χ1) is 15.2. The Morgan fingerprint density at radius 1 is 0.710 bits per heavy atom. The first-order valence-electron chi connectivity index (χ1n) is 12.0. The molecule has 0 spiro atoms. The molecule has 1 unspecified atom stereocenters. The van der Waals surface area contributed by atoms with Gasteiger partial charge in [-0.25, -0.2) is 0 Å². The van der Waals surface area contributed by atoms with Crippen LogP contribution in [0.1, 0.15) is 94.3 Å². The molecule has 0 saturated carbocycles. The number of azo groups is 1. The molecule has 2 rings (SSSR count). The molecule has 4 nitrogen and oxygen atoms in total. The third kappa shape index (κ3) is 10.5. The molecule has 31 heavy (non-hydrogen) atoms. The van der Waals surface area contributed by atoms with E-state index < -0.39 is 6.10 Å². The fourth-order valence-electron chi connectivity index (χ4n) is 3.63. The third-order valence-corrected chi connectivity index (χ3v) is 5.57. The van der Waals surface area contributed by atoms with Crippen molar-refractivity contribution in [3.05, 3.63) is 60.2 Å². The van der Waals surface area contributed by atoms with E-state index in [0.717, 1.165) is 18.5 Å². The maximum Gasteiger partial charge on any atom is 0.191 e. The summed E-state index contributed by atoms with van der Waals surface area (Å²) in [7, 11) is 0. The van der Waals surface area contributed by atoms with E-state index in [1.165, 1.54) is 57.8 Å². The molecule has 0 aliphatic rings. The van der Waals surface area contributed by atoms with Gasteiger partial charge >= 0.3 is 0 Å². The summed E-state index contributed by atoms with van der Waals surface area (Å²) in [6.45, 7) is 2.25. The molecule has 0 heterocycles. The lowest BCUT2D eigenvalue weighted by Crippen LogP contribution is -2.20. The summed E-state index contributed by atoms with van der Waals surface area (Å²) in [6.07, 6.45) is 13.5. The standard InChI is InChI=1S/C27H38N2O2/c1-2-3-4-5-6-7-8-9-10-11-15-18-26(30)27(31)23-19-21-25(22-20-23)29-28-24-16-13-12-14-17-24/h12-14,16-17,19-22,26,30H,2-11,15,18H2,1H3/b29-28+. The minimum atomic E-state index is -0.921. The van der Waals surface area contributed by atoms with E-state index in [0.29, 0.717) is 17.7 Å². The zero-order valence-electron chi connectivity index (χ0n) is 19.0. The summed E-state index contributed by atoms with van der Waals surface area (Å²) in [6, 6.07) is 16.5. The van der Waals surface area contributed by atoms with Gasteiger partial charge in [-0.2, -0.15) is 10.2 Å². The molecule has 4 heteroatoms. The smallest absolute Gasteiger partial charge is 0.191 e. The Bertz CT molecular complexity index is 757. The number of carbonyl (C=O) groups excluding carboxylic acids is 1. The minimum Gasteiger partial charge on any atom is -0.385 e. The lowest BCUT2D eigenvalue weighted by Gasteiger charge is -2.10. The largest absolute Gasteiger partial charge is 0.385 e. The summed E-state index contributed by atoms with van der Waals surface area (Å²) < 4.78 is 0. The van der Waals surface area contributed by atoms with Gasteiger partial charge < -0.3 is 5.11 Å². The van der Waals surface area contributed by atoms with Crippen LogP contribution < -0.4 is 0 Å². The Hall–Kier alpha value is -2.33. The fraction of sp³-hybridized carbons (Fsp3) is 0.519. The molecule has 2 aromatic rings. The number of carbonyl (C=O) groups is 1. The maximum absolute atomic E-state index is 12.4. The molecule has 168 valence electrons. The quantitative estimate of drug-likeness (QED) is 0.168. The zero-order chi connectivity index (χ0) is 22.2. The van der Waals surface area contributed by atoms with Crippen molar-refractivity contribution in [3.8, 4) is 0 Å². The second-order valence-corrected chi connectivity index (χ2v) is 8.29. The normalized spacial score (nSPS) is 12.3. The molecule has 1 atom stereocenters. The Labute approximate surface area is 187 Å². The van der Waals surface area contributed by atoms with Crippen molar-refractivity contribution in [2.24, 2.45) is 10.2 Å². The first-order valence-corrected chi connectivity index (χ1v) is 12.0. The molecular formula is C27H38N2O2. The lowest BCUT2D eigenvalue weighted by atomic mass is 10.00. The van der Waals surface area contributed by atoms with Gasteiger partial charge in [0.05, 0.1) is 11.4 Å². The Kier molecular flexibility index (Phi) is 12.4. The van der Waals surface area contributed by atoms with Crippen molar-refractivity contribution < 1.29 is 9.90 Å². The van der Waals surface area contributed by atoms with Crippen LogP contribution in [0.5, 0.6) is 0 Å². The number of hydrogen-bond acceptors (Lipinski definition) is 4. The van der Waals surface area contributed by atoms with Crippen molar-refractivity contribution in [1.82, 2.24) is 0 Å². The molecule has 2 aromatic carbocycles. The molecule has 0 bridgehead atoms. The van der Waals surface area contributed by atoms with Crippen LogP contribution in [0.2, 0.25) is 0 Å². The summed E-state index contributed by atoms with van der Waals surface area (Å²) in [5, 5.41) is 18.6. The number of unbranched alkanes of at least 4 members (excludes halogenated alkanes) is 10. The van der Waals surface area contributed by atoms with Gasteiger partial charge in [0.15, 0.2) is 5.78 Å². The van der Waals surface area contributed by atoms with Crippen LogP contribution in [0, 0.1) is 0 Å². The Morgan fingerprint density at radius 3 is 1.74 bits per heavy atom. The van der Waals surface area contributed by atoms with Crippen LogP contribution in [0.15, 0.2) is 64.8 Å². The van der Waals surface area contributed by atoms with Gasteiger partial charge in [0, 0.05) is 5.56 Å². The van der Waals surface area contributed by atoms with E-state index in [2.05, 4.69) is 17.2 Å². The highest BCUT2D eigenvalue weighted by molar-refractivity contribution is 5.99. The number of ketones is 1. The predicted octanol–water partition coefficient (Wildman–Crippen LogP) is 8.35. The summed E-state index contributed by atoms with van der Waals surface area (Å²) in [4.78, 5) is 12.4. The van der Waals surface area contributed by atoms with Gasteiger partial charge in [0.2, 0.25) is 0 Å². The van der Waals surface area contributed by atoms with E-state index in [-0.39, 0.29) is 5.78 Å². The molecule has 0 amide bonds. The van der Waals surface area contributed by atoms with E-state index in [1.807, 2.05) is 30.3 Å². The number of benzene rings is 2. The second kappa shape index (κ2) is 15.5. The minimum absolute atomic E-state index is 0.210. The Balaban J connectivity index is 1.60. The number of hydrogen-bond donors (Lipinski definition) is 1. The van der Waals surface area contributed by atoms with E-state index in [9.17, 15) is 9.90 Å². The number of Topliss-reactive ketones (excluding diaryl/α,β-unsaturated/α-hetero) is 1. The number of rotatable bonds is 16. The SMILES string of the molecule is CCCCCCCCCCCCCC(O)C(=O)c1ccc(/N=N/c2ccccc2)cc1. The lowest BCUT2D eigenvalue weighted by molar-refractivity contribution is 0.0725. The number of aliphatic hydroxyl groups excluding tert-OH is 1. The van der Waals surface area contributed by atoms with Crippen LogP contribution in [0.25, 0.3) is 0 Å². The summed E-state index contributed by atoms with van der Waals surface area (Å²) in [5.74, 6) is -0.210. The van der Waals surface area contributed by atoms with Gasteiger partial charge in [-0.1, -0.05) is 95.8 Å². The average molecular weight is 423 g/mol. The highest BCUT2D eigenvalue weighted by Gasteiger charge is 2.16. The number of aliphatic hydroxyl groups is 1. The van der Waals surface area contributed by atoms with Crippen molar-refractivity contribution in [3.63, 3.8) is 0 Å². The third-order valence-electron chi connectivity index (χ3n) is 5.57. The molecule has 0 aliphatic heterocycles. The topological polar surface area (TPSA) is 62.0 Å². The molecule has 0 aliphatic carbocycles. The highest BCUT2D eigenvalue weighted by Crippen LogP contribution is 2.20. The van der Waals surface area contributed by atoms with E-state index >= 15 is 0 Å². The molecule has 1 N–H and O–H groups in total. The van der Waals surface area contributed by atoms with Crippen molar-refractivity contribution in [2.45, 2.75) is 90.1 Å². The zero-order valence-corrected chi connectivity index (χ0v) is 19.0. The first kappa shape index (κ1) is 24.9. The monoisotopic (exact) mass is 422 g/mol. The van der Waals surface area contributed by atoms with Crippen LogP contribution in [0.3, 0.4) is 0 Å². The molecular weight excluding hydrogens is 384 g/mol. The van der Waals surface area contributed by atoms with E-state index in [1.54, 1.807) is 24.3 Å². The van der Waals surface area contributed by atoms with Crippen LogP contribution in [-0.4, -0.2) is 17.0 Å². The van der Waals surface area contributed by atoms with Gasteiger partial charge in [0.1, 0.15) is 6.10 Å². The molecule has 0 aromatic heterocycles. The van der Waals surface area contributed by atoms with Crippen molar-refractivity contribution in [2.75, 3.05) is 0 Å². The van der Waals surface area contributed by atoms with E-state index in [4.69, 9.17) is 0 Å². The summed E-state index contributed by atoms with van der Waals surface area (Å²) >= 11 is 0. The average Bonchev–Trinajstić information content (AvgIpc) is 2.81. The van der Waals surface area contributed by atoms with Gasteiger partial charge in [-0.3, -0.25) is 4.79 Å². The van der Waals surface area contributed by atoms with Gasteiger partial charge in [0.25, 0.3) is 0 Å². The fourth-order valence-corrected chi connectivity index (χ4v) is 3.63. The Morgan fingerprint density at radius 2 is 1.19 bits per heavy atom. The van der Waals surface area contributed by atoms with Gasteiger partial charge in [-0.15, -0.1) is 0 Å². The van der Waals surface area contributed by atoms with Gasteiger partial charge in [-0.05, 0) is 42.8 Å². The molecule has 0 saturated heterocycles. The van der Waals surface area contributed by atoms with Crippen LogP contribution >= 0.6 is 0 Å². The van der Waals surface area contributed by atoms with Crippen LogP contribution in [0.4, 0.5) is 11.4 Å². The predicted molar refractivity (Wildman–Crippen MR) is 128 cm³/mol. The molecule has 0 radical (unpaired) electrons. The van der Waals surface area contributed by atoms with Crippen molar-refractivity contribution >= 4 is 17.2 Å². The second-order valence-electron chi connectivity index (χ2n) is 8.29. The maximum atomic E-state index is 12.4. The summed E-state index contributed by atoms with van der Waals surface area (Å²) in [5.41, 5.74) is 1.99. The number of nitrogens with zero attached hydrogens (tertiary/aromatic N) is 2.